The Hall–Kier alpha value is -0.840. The zero-order valence-electron chi connectivity index (χ0n) is 14.4. The maximum Gasteiger partial charge on any atom is 0.118 e. The molecule has 0 amide bonds. The van der Waals surface area contributed by atoms with Crippen molar-refractivity contribution in [2.45, 2.75) is 60.3 Å². The van der Waals surface area contributed by atoms with E-state index in [1.165, 1.54) is 0 Å². The van der Waals surface area contributed by atoms with Crippen molar-refractivity contribution in [1.29, 1.82) is 0 Å². The Labute approximate surface area is 129 Å². The molecular formula is C17H31NO3. The van der Waals surface area contributed by atoms with Gasteiger partial charge in [-0.15, -0.1) is 0 Å². The van der Waals surface area contributed by atoms with Crippen LogP contribution < -0.4 is 5.32 Å². The van der Waals surface area contributed by atoms with Crippen molar-refractivity contribution in [1.82, 2.24) is 5.32 Å². The molecule has 0 aliphatic carbocycles. The first-order chi connectivity index (χ1) is 9.78. The number of hydrogen-bond acceptors (Lipinski definition) is 4. The lowest BCUT2D eigenvalue weighted by atomic mass is 10.2. The lowest BCUT2D eigenvalue weighted by molar-refractivity contribution is -0.0378. The predicted molar refractivity (Wildman–Crippen MR) is 85.4 cm³/mol. The topological polar surface area (TPSA) is 43.6 Å². The monoisotopic (exact) mass is 297 g/mol. The van der Waals surface area contributed by atoms with Crippen molar-refractivity contribution in [2.75, 3.05) is 19.8 Å². The summed E-state index contributed by atoms with van der Waals surface area (Å²) in [6.07, 6.45) is 0. The molecule has 0 bridgehead atoms. The van der Waals surface area contributed by atoms with E-state index in [9.17, 15) is 0 Å². The SMILES string of the molecule is Cc1oc(CNCC(C)C)cc1COCCOC(C)(C)C. The highest BCUT2D eigenvalue weighted by Gasteiger charge is 2.10. The highest BCUT2D eigenvalue weighted by atomic mass is 16.5. The van der Waals surface area contributed by atoms with Crippen LogP contribution in [0.4, 0.5) is 0 Å². The standard InChI is InChI=1S/C17H31NO3/c1-13(2)10-18-11-16-9-15(14(3)21-16)12-19-7-8-20-17(4,5)6/h9,13,18H,7-8,10-12H2,1-6H3. The minimum atomic E-state index is -0.107. The van der Waals surface area contributed by atoms with Gasteiger partial charge in [-0.1, -0.05) is 13.8 Å². The second-order valence-corrected chi connectivity index (χ2v) is 6.83. The largest absolute Gasteiger partial charge is 0.465 e. The quantitative estimate of drug-likeness (QED) is 0.706. The summed E-state index contributed by atoms with van der Waals surface area (Å²) < 4.78 is 17.0. The van der Waals surface area contributed by atoms with Crippen molar-refractivity contribution in [3.8, 4) is 0 Å². The molecule has 1 heterocycles. The highest BCUT2D eigenvalue weighted by Crippen LogP contribution is 2.16. The fourth-order valence-corrected chi connectivity index (χ4v) is 1.89. The minimum Gasteiger partial charge on any atom is -0.465 e. The molecule has 0 saturated heterocycles. The van der Waals surface area contributed by atoms with Crippen molar-refractivity contribution < 1.29 is 13.9 Å². The first-order valence-electron chi connectivity index (χ1n) is 7.78. The fraction of sp³-hybridized carbons (Fsp3) is 0.765. The van der Waals surface area contributed by atoms with Crippen LogP contribution in [0, 0.1) is 12.8 Å². The molecule has 21 heavy (non-hydrogen) atoms. The lowest BCUT2D eigenvalue weighted by Crippen LogP contribution is -2.21. The van der Waals surface area contributed by atoms with Gasteiger partial charge in [0.25, 0.3) is 0 Å². The van der Waals surface area contributed by atoms with Gasteiger partial charge < -0.3 is 19.2 Å². The van der Waals surface area contributed by atoms with Gasteiger partial charge in [0.2, 0.25) is 0 Å². The van der Waals surface area contributed by atoms with Crippen LogP contribution in [0.3, 0.4) is 0 Å². The van der Waals surface area contributed by atoms with Crippen LogP contribution in [-0.4, -0.2) is 25.4 Å². The molecular weight excluding hydrogens is 266 g/mol. The van der Waals surface area contributed by atoms with Gasteiger partial charge in [-0.05, 0) is 46.2 Å². The van der Waals surface area contributed by atoms with E-state index in [-0.39, 0.29) is 5.60 Å². The van der Waals surface area contributed by atoms with Crippen LogP contribution >= 0.6 is 0 Å². The zero-order valence-corrected chi connectivity index (χ0v) is 14.4. The number of furan rings is 1. The maximum atomic E-state index is 5.73. The molecule has 0 saturated carbocycles. The Bertz CT molecular complexity index is 405. The number of rotatable bonds is 9. The molecule has 0 atom stereocenters. The molecule has 0 radical (unpaired) electrons. The van der Waals surface area contributed by atoms with Gasteiger partial charge in [0.1, 0.15) is 11.5 Å². The summed E-state index contributed by atoms with van der Waals surface area (Å²) in [6, 6.07) is 2.08. The third-order valence-electron chi connectivity index (χ3n) is 2.94. The van der Waals surface area contributed by atoms with Gasteiger partial charge in [0, 0.05) is 5.56 Å². The number of hydrogen-bond donors (Lipinski definition) is 1. The molecule has 0 aromatic carbocycles. The Morgan fingerprint density at radius 2 is 1.95 bits per heavy atom. The van der Waals surface area contributed by atoms with Gasteiger partial charge in [0.05, 0.1) is 32.0 Å². The molecule has 4 heteroatoms. The number of nitrogens with one attached hydrogen (secondary N) is 1. The Balaban J connectivity index is 2.27. The van der Waals surface area contributed by atoms with Crippen LogP contribution in [0.5, 0.6) is 0 Å². The first kappa shape index (κ1) is 18.2. The van der Waals surface area contributed by atoms with Gasteiger partial charge in [-0.3, -0.25) is 0 Å². The lowest BCUT2D eigenvalue weighted by Gasteiger charge is -2.19. The molecule has 1 aromatic rings. The maximum absolute atomic E-state index is 5.73. The average Bonchev–Trinajstić information content (AvgIpc) is 2.68. The smallest absolute Gasteiger partial charge is 0.118 e. The number of ether oxygens (including phenoxy) is 2. The second kappa shape index (κ2) is 8.57. The van der Waals surface area contributed by atoms with E-state index in [4.69, 9.17) is 13.9 Å². The normalized spacial score (nSPS) is 12.3. The van der Waals surface area contributed by atoms with Gasteiger partial charge >= 0.3 is 0 Å². The van der Waals surface area contributed by atoms with Gasteiger partial charge in [0.15, 0.2) is 0 Å². The van der Waals surface area contributed by atoms with Crippen molar-refractivity contribution in [3.05, 3.63) is 23.2 Å². The molecule has 0 fully saturated rings. The third kappa shape index (κ3) is 8.24. The van der Waals surface area contributed by atoms with Crippen LogP contribution in [0.25, 0.3) is 0 Å². The molecule has 1 aromatic heterocycles. The molecule has 0 aliphatic rings. The molecule has 4 nitrogen and oxygen atoms in total. The third-order valence-corrected chi connectivity index (χ3v) is 2.94. The van der Waals surface area contributed by atoms with Crippen molar-refractivity contribution >= 4 is 0 Å². The van der Waals surface area contributed by atoms with Crippen molar-refractivity contribution in [2.24, 2.45) is 5.92 Å². The van der Waals surface area contributed by atoms with Crippen LogP contribution in [0.1, 0.15) is 51.7 Å². The van der Waals surface area contributed by atoms with Gasteiger partial charge in [-0.25, -0.2) is 0 Å². The summed E-state index contributed by atoms with van der Waals surface area (Å²) in [7, 11) is 0. The fourth-order valence-electron chi connectivity index (χ4n) is 1.89. The van der Waals surface area contributed by atoms with E-state index in [2.05, 4.69) is 25.2 Å². The Morgan fingerprint density at radius 1 is 1.24 bits per heavy atom. The van der Waals surface area contributed by atoms with Gasteiger partial charge in [-0.2, -0.15) is 0 Å². The average molecular weight is 297 g/mol. The molecule has 122 valence electrons. The van der Waals surface area contributed by atoms with Crippen LogP contribution in [0.2, 0.25) is 0 Å². The predicted octanol–water partition coefficient (Wildman–Crippen LogP) is 3.67. The molecule has 1 rings (SSSR count). The Kier molecular flexibility index (Phi) is 7.43. The zero-order chi connectivity index (χ0) is 15.9. The van der Waals surface area contributed by atoms with E-state index in [0.717, 1.165) is 30.2 Å². The Morgan fingerprint density at radius 3 is 2.57 bits per heavy atom. The van der Waals surface area contributed by atoms with E-state index < -0.39 is 0 Å². The molecule has 1 N–H and O–H groups in total. The van der Waals surface area contributed by atoms with E-state index >= 15 is 0 Å². The summed E-state index contributed by atoms with van der Waals surface area (Å²) in [4.78, 5) is 0. The molecule has 0 aliphatic heterocycles. The minimum absolute atomic E-state index is 0.107. The van der Waals surface area contributed by atoms with Crippen LogP contribution in [-0.2, 0) is 22.6 Å². The summed E-state index contributed by atoms with van der Waals surface area (Å²) in [6.45, 7) is 16.1. The number of aryl methyl sites for hydroxylation is 1. The van der Waals surface area contributed by atoms with E-state index in [0.29, 0.717) is 25.7 Å². The van der Waals surface area contributed by atoms with E-state index in [1.54, 1.807) is 0 Å². The van der Waals surface area contributed by atoms with E-state index in [1.807, 2.05) is 27.7 Å². The molecule has 0 spiro atoms. The first-order valence-corrected chi connectivity index (χ1v) is 7.78. The summed E-state index contributed by atoms with van der Waals surface area (Å²) >= 11 is 0. The van der Waals surface area contributed by atoms with Crippen LogP contribution in [0.15, 0.2) is 10.5 Å². The molecule has 0 unspecified atom stereocenters. The second-order valence-electron chi connectivity index (χ2n) is 6.83. The van der Waals surface area contributed by atoms with Crippen molar-refractivity contribution in [3.63, 3.8) is 0 Å². The summed E-state index contributed by atoms with van der Waals surface area (Å²) in [5, 5.41) is 3.38. The summed E-state index contributed by atoms with van der Waals surface area (Å²) in [5.74, 6) is 2.55. The highest BCUT2D eigenvalue weighted by molar-refractivity contribution is 5.19. The summed E-state index contributed by atoms with van der Waals surface area (Å²) in [5.41, 5.74) is 1.01.